The third-order valence-corrected chi connectivity index (χ3v) is 8.03. The van der Waals surface area contributed by atoms with Crippen molar-refractivity contribution in [3.05, 3.63) is 92.9 Å². The maximum absolute atomic E-state index is 13.8. The van der Waals surface area contributed by atoms with Crippen molar-refractivity contribution in [3.8, 4) is 11.1 Å². The molecule has 0 bridgehead atoms. The minimum atomic E-state index is -0.247. The first-order chi connectivity index (χ1) is 21.1. The van der Waals surface area contributed by atoms with Gasteiger partial charge in [-0.15, -0.1) is 0 Å². The molecule has 1 aromatic heterocycles. The average Bonchev–Trinajstić information content (AvgIpc) is 2.98. The molecule has 0 radical (unpaired) electrons. The molecule has 1 aliphatic heterocycles. The number of aromatic nitrogens is 1. The Labute approximate surface area is 260 Å². The van der Waals surface area contributed by atoms with E-state index in [1.807, 2.05) is 82.2 Å². The molecule has 9 nitrogen and oxygen atoms in total. The van der Waals surface area contributed by atoms with Crippen LogP contribution in [0.25, 0.3) is 11.1 Å². The fourth-order valence-corrected chi connectivity index (χ4v) is 5.72. The Morgan fingerprint density at radius 2 is 1.80 bits per heavy atom. The lowest BCUT2D eigenvalue weighted by Crippen LogP contribution is -2.40. The van der Waals surface area contributed by atoms with Crippen molar-refractivity contribution in [2.45, 2.75) is 53.1 Å². The van der Waals surface area contributed by atoms with Gasteiger partial charge in [0, 0.05) is 73.2 Å². The van der Waals surface area contributed by atoms with Crippen molar-refractivity contribution in [2.24, 2.45) is 0 Å². The highest BCUT2D eigenvalue weighted by Crippen LogP contribution is 2.34. The third-order valence-electron chi connectivity index (χ3n) is 8.03. The first-order valence-corrected chi connectivity index (χ1v) is 15.3. The van der Waals surface area contributed by atoms with Gasteiger partial charge >= 0.3 is 0 Å². The number of benzene rings is 2. The van der Waals surface area contributed by atoms with Crippen LogP contribution in [0.5, 0.6) is 0 Å². The largest absolute Gasteiger partial charge is 0.381 e. The zero-order valence-corrected chi connectivity index (χ0v) is 26.8. The molecule has 0 spiro atoms. The number of amides is 2. The molecule has 3 aromatic rings. The van der Waals surface area contributed by atoms with E-state index in [0.717, 1.165) is 53.0 Å². The summed E-state index contributed by atoms with van der Waals surface area (Å²) < 4.78 is 5.64. The van der Waals surface area contributed by atoms with Crippen LogP contribution in [0.3, 0.4) is 0 Å². The summed E-state index contributed by atoms with van der Waals surface area (Å²) in [5, 5.41) is 5.95. The Morgan fingerprint density at radius 3 is 2.48 bits per heavy atom. The maximum atomic E-state index is 13.8. The molecule has 0 unspecified atom stereocenters. The topological polar surface area (TPSA) is 107 Å². The number of anilines is 2. The number of likely N-dealkylation sites (N-methyl/N-ethyl adjacent to an activating group) is 1. The van der Waals surface area contributed by atoms with Crippen LogP contribution in [-0.4, -0.2) is 68.1 Å². The van der Waals surface area contributed by atoms with Crippen molar-refractivity contribution in [1.29, 1.82) is 0 Å². The monoisotopic (exact) mass is 599 g/mol. The molecule has 234 valence electrons. The Bertz CT molecular complexity index is 1570. The molecular weight excluding hydrogens is 554 g/mol. The number of rotatable bonds is 11. The Hall–Kier alpha value is -4.21. The first-order valence-electron chi connectivity index (χ1n) is 15.3. The number of ether oxygens (including phenoxy) is 1. The second kappa shape index (κ2) is 15.0. The molecule has 1 fully saturated rings. The summed E-state index contributed by atoms with van der Waals surface area (Å²) in [6, 6.07) is 13.9. The quantitative estimate of drug-likeness (QED) is 0.269. The van der Waals surface area contributed by atoms with Gasteiger partial charge in [-0.25, -0.2) is 0 Å². The highest BCUT2D eigenvalue weighted by molar-refractivity contribution is 6.00. The lowest BCUT2D eigenvalue weighted by molar-refractivity contribution is -0.111. The SMILES string of the molecule is CCN(c1cc(-c2cccc(NC(=O)/C=C/CN(C)C)c2)cc(C(=O)NCc2c(C)cc(C)[nH]c2=O)c1C)C1CCOCC1. The summed E-state index contributed by atoms with van der Waals surface area (Å²) in [6.45, 7) is 10.8. The smallest absolute Gasteiger partial charge is 0.253 e. The van der Waals surface area contributed by atoms with Crippen molar-refractivity contribution < 1.29 is 14.3 Å². The predicted octanol–water partition coefficient (Wildman–Crippen LogP) is 4.96. The molecule has 0 saturated carbocycles. The van der Waals surface area contributed by atoms with E-state index in [9.17, 15) is 14.4 Å². The van der Waals surface area contributed by atoms with Crippen LogP contribution in [-0.2, 0) is 16.1 Å². The Kier molecular flexibility index (Phi) is 11.1. The Balaban J connectivity index is 1.70. The third kappa shape index (κ3) is 8.24. The van der Waals surface area contributed by atoms with Crippen molar-refractivity contribution in [3.63, 3.8) is 0 Å². The molecule has 44 heavy (non-hydrogen) atoms. The molecule has 3 N–H and O–H groups in total. The van der Waals surface area contributed by atoms with E-state index in [1.54, 1.807) is 0 Å². The van der Waals surface area contributed by atoms with E-state index in [1.165, 1.54) is 6.08 Å². The second-order valence-corrected chi connectivity index (χ2v) is 11.7. The summed E-state index contributed by atoms with van der Waals surface area (Å²) in [6.07, 6.45) is 5.18. The van der Waals surface area contributed by atoms with Gasteiger partial charge in [-0.2, -0.15) is 0 Å². The number of aromatic amines is 1. The normalized spacial score (nSPS) is 13.8. The number of nitrogens with zero attached hydrogens (tertiary/aromatic N) is 2. The van der Waals surface area contributed by atoms with Crippen LogP contribution >= 0.6 is 0 Å². The summed E-state index contributed by atoms with van der Waals surface area (Å²) in [4.78, 5) is 46.1. The fourth-order valence-electron chi connectivity index (χ4n) is 5.72. The van der Waals surface area contributed by atoms with Crippen molar-refractivity contribution in [1.82, 2.24) is 15.2 Å². The second-order valence-electron chi connectivity index (χ2n) is 11.7. The molecule has 2 heterocycles. The zero-order chi connectivity index (χ0) is 31.8. The number of H-pyrrole nitrogens is 1. The van der Waals surface area contributed by atoms with Gasteiger partial charge in [0.25, 0.3) is 11.5 Å². The van der Waals surface area contributed by atoms with Gasteiger partial charge < -0.3 is 30.2 Å². The molecule has 0 atom stereocenters. The molecule has 1 aliphatic rings. The number of hydrogen-bond donors (Lipinski definition) is 3. The van der Waals surface area contributed by atoms with Gasteiger partial charge in [0.15, 0.2) is 0 Å². The van der Waals surface area contributed by atoms with Gasteiger partial charge in [-0.1, -0.05) is 18.2 Å². The van der Waals surface area contributed by atoms with Gasteiger partial charge in [-0.05, 0) is 107 Å². The number of pyridine rings is 1. The Morgan fingerprint density at radius 1 is 1.05 bits per heavy atom. The lowest BCUT2D eigenvalue weighted by Gasteiger charge is -2.37. The van der Waals surface area contributed by atoms with Gasteiger partial charge in [0.2, 0.25) is 5.91 Å². The number of carbonyl (C=O) groups is 2. The van der Waals surface area contributed by atoms with Crippen LogP contribution in [0, 0.1) is 20.8 Å². The summed E-state index contributed by atoms with van der Waals surface area (Å²) in [7, 11) is 3.89. The predicted molar refractivity (Wildman–Crippen MR) is 178 cm³/mol. The maximum Gasteiger partial charge on any atom is 0.253 e. The highest BCUT2D eigenvalue weighted by Gasteiger charge is 2.25. The minimum absolute atomic E-state index is 0.125. The van der Waals surface area contributed by atoms with E-state index in [2.05, 4.69) is 33.5 Å². The fraction of sp³-hybridized carbons (Fsp3) is 0.400. The minimum Gasteiger partial charge on any atom is -0.381 e. The van der Waals surface area contributed by atoms with E-state index in [0.29, 0.717) is 42.6 Å². The molecule has 0 aliphatic carbocycles. The first kappa shape index (κ1) is 32.7. The molecule has 2 aromatic carbocycles. The molecule has 4 rings (SSSR count). The van der Waals surface area contributed by atoms with E-state index in [4.69, 9.17) is 4.74 Å². The number of aryl methyl sites for hydroxylation is 2. The van der Waals surface area contributed by atoms with Crippen LogP contribution in [0.15, 0.2) is 59.4 Å². The van der Waals surface area contributed by atoms with Crippen LogP contribution in [0.4, 0.5) is 11.4 Å². The molecular formula is C35H45N5O4. The lowest BCUT2D eigenvalue weighted by atomic mass is 9.95. The number of hydrogen-bond acceptors (Lipinski definition) is 6. The van der Waals surface area contributed by atoms with Gasteiger partial charge in [0.1, 0.15) is 0 Å². The van der Waals surface area contributed by atoms with E-state index in [-0.39, 0.29) is 23.9 Å². The highest BCUT2D eigenvalue weighted by atomic mass is 16.5. The summed E-state index contributed by atoms with van der Waals surface area (Å²) >= 11 is 0. The van der Waals surface area contributed by atoms with Crippen molar-refractivity contribution >= 4 is 23.2 Å². The van der Waals surface area contributed by atoms with Gasteiger partial charge in [-0.3, -0.25) is 14.4 Å². The van der Waals surface area contributed by atoms with Crippen LogP contribution in [0.2, 0.25) is 0 Å². The van der Waals surface area contributed by atoms with Crippen molar-refractivity contribution in [2.75, 3.05) is 50.6 Å². The zero-order valence-electron chi connectivity index (χ0n) is 26.8. The molecule has 9 heteroatoms. The van der Waals surface area contributed by atoms with E-state index < -0.39 is 0 Å². The summed E-state index contributed by atoms with van der Waals surface area (Å²) in [5.74, 6) is -0.449. The molecule has 1 saturated heterocycles. The average molecular weight is 600 g/mol. The van der Waals surface area contributed by atoms with Gasteiger partial charge in [0.05, 0.1) is 0 Å². The number of nitrogens with one attached hydrogen (secondary N) is 3. The standard InChI is InChI=1S/C35H45N5O4/c1-7-40(29-13-16-44-17-14-29)32-21-27(26-10-8-11-28(19-26)38-33(41)12-9-15-39(5)6)20-30(25(32)4)34(42)36-22-31-23(2)18-24(3)37-35(31)43/h8-12,18-21,29H,7,13-17,22H2,1-6H3,(H,36,42)(H,37,43)(H,38,41)/b12-9+. The van der Waals surface area contributed by atoms with E-state index >= 15 is 0 Å². The molecule has 2 amide bonds. The van der Waals surface area contributed by atoms with Crippen LogP contribution in [0.1, 0.15) is 52.5 Å². The number of carbonyl (C=O) groups excluding carboxylic acids is 2. The summed E-state index contributed by atoms with van der Waals surface area (Å²) in [5.41, 5.74) is 6.80. The van der Waals surface area contributed by atoms with Crippen LogP contribution < -0.4 is 21.1 Å².